The minimum Gasteiger partial charge on any atom is -0.379 e. The maximum atomic E-state index is 8.91. The van der Waals surface area contributed by atoms with E-state index in [0.29, 0.717) is 12.1 Å². The largest absolute Gasteiger partial charge is 0.379 e. The molecule has 2 rings (SSSR count). The fourth-order valence-corrected chi connectivity index (χ4v) is 2.38. The highest BCUT2D eigenvalue weighted by Gasteiger charge is 2.01. The zero-order valence-electron chi connectivity index (χ0n) is 8.40. The molecular weight excluding hydrogens is 240 g/mol. The molecule has 0 amide bonds. The van der Waals surface area contributed by atoms with Crippen molar-refractivity contribution in [2.45, 2.75) is 6.54 Å². The number of nitrogens with zero attached hydrogens (tertiary/aromatic N) is 1. The van der Waals surface area contributed by atoms with Gasteiger partial charge in [-0.3, -0.25) is 0 Å². The van der Waals surface area contributed by atoms with Crippen molar-refractivity contribution in [3.05, 3.63) is 51.2 Å². The first-order chi connectivity index (χ1) is 7.79. The second kappa shape index (κ2) is 5.02. The SMILES string of the molecule is N#Cc1ccccc1NCc1cc(Cl)cs1. The normalized spacial score (nSPS) is 9.75. The van der Waals surface area contributed by atoms with E-state index in [9.17, 15) is 0 Å². The Balaban J connectivity index is 2.08. The van der Waals surface area contributed by atoms with Gasteiger partial charge in [-0.05, 0) is 18.2 Å². The molecule has 1 aromatic heterocycles. The van der Waals surface area contributed by atoms with Gasteiger partial charge in [-0.15, -0.1) is 11.3 Å². The number of nitrogens with one attached hydrogen (secondary N) is 1. The lowest BCUT2D eigenvalue weighted by atomic mass is 10.2. The predicted octanol–water partition coefficient (Wildman–Crippen LogP) is 3.89. The van der Waals surface area contributed by atoms with Crippen LogP contribution in [-0.4, -0.2) is 0 Å². The van der Waals surface area contributed by atoms with Gasteiger partial charge in [-0.25, -0.2) is 0 Å². The van der Waals surface area contributed by atoms with E-state index in [1.165, 1.54) is 0 Å². The lowest BCUT2D eigenvalue weighted by Gasteiger charge is -2.05. The third-order valence-electron chi connectivity index (χ3n) is 2.12. The van der Waals surface area contributed by atoms with Gasteiger partial charge in [0.15, 0.2) is 0 Å². The molecule has 0 saturated heterocycles. The molecular formula is C12H9ClN2S. The van der Waals surface area contributed by atoms with Crippen molar-refractivity contribution < 1.29 is 0 Å². The molecule has 1 heterocycles. The van der Waals surface area contributed by atoms with Crippen LogP contribution in [0.4, 0.5) is 5.69 Å². The molecule has 4 heteroatoms. The second-order valence-electron chi connectivity index (χ2n) is 3.24. The molecule has 0 atom stereocenters. The number of rotatable bonds is 3. The summed E-state index contributed by atoms with van der Waals surface area (Å²) in [6, 6.07) is 11.5. The fraction of sp³-hybridized carbons (Fsp3) is 0.0833. The van der Waals surface area contributed by atoms with Gasteiger partial charge in [0.25, 0.3) is 0 Å². The topological polar surface area (TPSA) is 35.8 Å². The van der Waals surface area contributed by atoms with E-state index >= 15 is 0 Å². The standard InChI is InChI=1S/C12H9ClN2S/c13-10-5-11(16-8-10)7-15-12-4-2-1-3-9(12)6-14/h1-5,8,15H,7H2. The summed E-state index contributed by atoms with van der Waals surface area (Å²) in [7, 11) is 0. The van der Waals surface area contributed by atoms with E-state index in [4.69, 9.17) is 16.9 Å². The number of anilines is 1. The molecule has 2 aromatic rings. The van der Waals surface area contributed by atoms with E-state index < -0.39 is 0 Å². The van der Waals surface area contributed by atoms with E-state index in [0.717, 1.165) is 15.6 Å². The van der Waals surface area contributed by atoms with Crippen molar-refractivity contribution in [1.29, 1.82) is 5.26 Å². The minimum atomic E-state index is 0.658. The molecule has 1 aromatic carbocycles. The van der Waals surface area contributed by atoms with Crippen LogP contribution < -0.4 is 5.32 Å². The summed E-state index contributed by atoms with van der Waals surface area (Å²) in [6.07, 6.45) is 0. The third kappa shape index (κ3) is 2.54. The summed E-state index contributed by atoms with van der Waals surface area (Å²) in [5, 5.41) is 14.8. The van der Waals surface area contributed by atoms with Crippen molar-refractivity contribution >= 4 is 28.6 Å². The summed E-state index contributed by atoms with van der Waals surface area (Å²) in [4.78, 5) is 1.15. The van der Waals surface area contributed by atoms with Gasteiger partial charge in [-0.2, -0.15) is 5.26 Å². The molecule has 1 N–H and O–H groups in total. The van der Waals surface area contributed by atoms with Gasteiger partial charge in [0.1, 0.15) is 6.07 Å². The van der Waals surface area contributed by atoms with E-state index in [-0.39, 0.29) is 0 Å². The van der Waals surface area contributed by atoms with Crippen LogP contribution in [-0.2, 0) is 6.54 Å². The first kappa shape index (κ1) is 11.0. The van der Waals surface area contributed by atoms with Crippen LogP contribution in [0, 0.1) is 11.3 Å². The summed E-state index contributed by atoms with van der Waals surface area (Å²) >= 11 is 7.44. The van der Waals surface area contributed by atoms with Crippen molar-refractivity contribution in [2.75, 3.05) is 5.32 Å². The summed E-state index contributed by atoms with van der Waals surface area (Å²) < 4.78 is 0. The molecule has 0 radical (unpaired) electrons. The van der Waals surface area contributed by atoms with Gasteiger partial charge in [0.2, 0.25) is 0 Å². The Labute approximate surface area is 103 Å². The van der Waals surface area contributed by atoms with Crippen molar-refractivity contribution in [3.8, 4) is 6.07 Å². The van der Waals surface area contributed by atoms with Crippen LogP contribution in [0.3, 0.4) is 0 Å². The number of benzene rings is 1. The van der Waals surface area contributed by atoms with Gasteiger partial charge >= 0.3 is 0 Å². The highest BCUT2D eigenvalue weighted by Crippen LogP contribution is 2.21. The van der Waals surface area contributed by atoms with Crippen LogP contribution in [0.25, 0.3) is 0 Å². The van der Waals surface area contributed by atoms with E-state index in [1.807, 2.05) is 29.6 Å². The number of nitriles is 1. The average Bonchev–Trinajstić information content (AvgIpc) is 2.73. The van der Waals surface area contributed by atoms with Crippen LogP contribution in [0.5, 0.6) is 0 Å². The fourth-order valence-electron chi connectivity index (χ4n) is 1.36. The minimum absolute atomic E-state index is 0.658. The first-order valence-corrected chi connectivity index (χ1v) is 6.01. The lowest BCUT2D eigenvalue weighted by molar-refractivity contribution is 1.19. The molecule has 0 fully saturated rings. The predicted molar refractivity (Wildman–Crippen MR) is 67.8 cm³/mol. The van der Waals surface area contributed by atoms with Gasteiger partial charge in [0.05, 0.1) is 16.3 Å². The van der Waals surface area contributed by atoms with Crippen molar-refractivity contribution in [3.63, 3.8) is 0 Å². The van der Waals surface area contributed by atoms with Gasteiger partial charge < -0.3 is 5.32 Å². The highest BCUT2D eigenvalue weighted by molar-refractivity contribution is 7.10. The van der Waals surface area contributed by atoms with Crippen LogP contribution >= 0.6 is 22.9 Å². The Morgan fingerprint density at radius 3 is 2.88 bits per heavy atom. The smallest absolute Gasteiger partial charge is 0.101 e. The Kier molecular flexibility index (Phi) is 3.45. The number of hydrogen-bond acceptors (Lipinski definition) is 3. The average molecular weight is 249 g/mol. The monoisotopic (exact) mass is 248 g/mol. The summed E-state index contributed by atoms with van der Waals surface area (Å²) in [5.41, 5.74) is 1.51. The van der Waals surface area contributed by atoms with Gasteiger partial charge in [-0.1, -0.05) is 23.7 Å². The Hall–Kier alpha value is -1.50. The van der Waals surface area contributed by atoms with E-state index in [1.54, 1.807) is 17.4 Å². The maximum absolute atomic E-state index is 8.91. The Bertz CT molecular complexity index is 528. The van der Waals surface area contributed by atoms with Crippen molar-refractivity contribution in [2.24, 2.45) is 0 Å². The van der Waals surface area contributed by atoms with E-state index in [2.05, 4.69) is 11.4 Å². The molecule has 0 spiro atoms. The molecule has 2 nitrogen and oxygen atoms in total. The van der Waals surface area contributed by atoms with Crippen LogP contribution in [0.15, 0.2) is 35.7 Å². The highest BCUT2D eigenvalue weighted by atomic mass is 35.5. The molecule has 0 aliphatic carbocycles. The first-order valence-electron chi connectivity index (χ1n) is 4.75. The Morgan fingerprint density at radius 1 is 1.38 bits per heavy atom. The number of para-hydroxylation sites is 1. The summed E-state index contributed by atoms with van der Waals surface area (Å²) in [5.74, 6) is 0. The molecule has 0 saturated carbocycles. The number of thiophene rings is 1. The molecule has 0 aliphatic heterocycles. The van der Waals surface area contributed by atoms with Crippen LogP contribution in [0.2, 0.25) is 5.02 Å². The van der Waals surface area contributed by atoms with Gasteiger partial charge in [0, 0.05) is 16.8 Å². The quantitative estimate of drug-likeness (QED) is 0.895. The van der Waals surface area contributed by atoms with Crippen LogP contribution in [0.1, 0.15) is 10.4 Å². The van der Waals surface area contributed by atoms with Crippen molar-refractivity contribution in [1.82, 2.24) is 0 Å². The number of halogens is 1. The number of hydrogen-bond donors (Lipinski definition) is 1. The molecule has 80 valence electrons. The zero-order valence-corrected chi connectivity index (χ0v) is 9.98. The zero-order chi connectivity index (χ0) is 11.4. The maximum Gasteiger partial charge on any atom is 0.101 e. The molecule has 0 bridgehead atoms. The molecule has 0 aliphatic rings. The molecule has 0 unspecified atom stereocenters. The Morgan fingerprint density at radius 2 is 2.19 bits per heavy atom. The lowest BCUT2D eigenvalue weighted by Crippen LogP contribution is -1.99. The molecule has 16 heavy (non-hydrogen) atoms. The summed E-state index contributed by atoms with van der Waals surface area (Å²) in [6.45, 7) is 0.691. The second-order valence-corrected chi connectivity index (χ2v) is 4.67. The third-order valence-corrected chi connectivity index (χ3v) is 3.41.